The molecule has 0 unspecified atom stereocenters. The van der Waals surface area contributed by atoms with Gasteiger partial charge in [-0.25, -0.2) is 4.39 Å². The van der Waals surface area contributed by atoms with Crippen molar-refractivity contribution in [3.8, 4) is 0 Å². The Kier molecular flexibility index (Phi) is 5.23. The van der Waals surface area contributed by atoms with E-state index in [2.05, 4.69) is 4.90 Å². The average Bonchev–Trinajstić information content (AvgIpc) is 2.62. The van der Waals surface area contributed by atoms with Gasteiger partial charge in [0, 0.05) is 38.3 Å². The average molecular weight is 328 g/mol. The molecule has 2 aromatic carbocycles. The second-order valence-corrected chi connectivity index (χ2v) is 6.03. The van der Waals surface area contributed by atoms with Gasteiger partial charge in [0.25, 0.3) is 5.91 Å². The van der Waals surface area contributed by atoms with Gasteiger partial charge in [-0.05, 0) is 23.8 Å². The first-order valence-corrected chi connectivity index (χ1v) is 8.14. The van der Waals surface area contributed by atoms with Crippen LogP contribution in [0.2, 0.25) is 0 Å². The number of β-amino-alcohol motifs (C(OH)–C–C–N with tert-alkyl or cyclic N) is 1. The minimum Gasteiger partial charge on any atom is -0.387 e. The SMILES string of the molecule is O=C(c1cccc(F)c1)N1CCN(C[C@@H](O)c2ccccc2)CC1. The first kappa shape index (κ1) is 16.6. The van der Waals surface area contributed by atoms with E-state index in [0.717, 1.165) is 5.56 Å². The van der Waals surface area contributed by atoms with Gasteiger partial charge in [0.05, 0.1) is 6.10 Å². The van der Waals surface area contributed by atoms with E-state index in [-0.39, 0.29) is 5.91 Å². The van der Waals surface area contributed by atoms with Crippen molar-refractivity contribution in [2.45, 2.75) is 6.10 Å². The molecule has 1 fully saturated rings. The molecule has 1 N–H and O–H groups in total. The van der Waals surface area contributed by atoms with Crippen LogP contribution in [0.25, 0.3) is 0 Å². The van der Waals surface area contributed by atoms with Gasteiger partial charge < -0.3 is 10.0 Å². The molecule has 4 nitrogen and oxygen atoms in total. The largest absolute Gasteiger partial charge is 0.387 e. The molecule has 5 heteroatoms. The molecule has 0 spiro atoms. The van der Waals surface area contributed by atoms with Gasteiger partial charge in [-0.1, -0.05) is 36.4 Å². The highest BCUT2D eigenvalue weighted by Gasteiger charge is 2.23. The lowest BCUT2D eigenvalue weighted by Crippen LogP contribution is -2.49. The lowest BCUT2D eigenvalue weighted by atomic mass is 10.1. The fourth-order valence-electron chi connectivity index (χ4n) is 2.96. The summed E-state index contributed by atoms with van der Waals surface area (Å²) in [7, 11) is 0. The molecule has 0 aromatic heterocycles. The van der Waals surface area contributed by atoms with Crippen LogP contribution in [0.3, 0.4) is 0 Å². The summed E-state index contributed by atoms with van der Waals surface area (Å²) in [5.41, 5.74) is 1.28. The predicted molar refractivity (Wildman–Crippen MR) is 90.1 cm³/mol. The van der Waals surface area contributed by atoms with E-state index in [1.54, 1.807) is 17.0 Å². The number of amides is 1. The molecular formula is C19H21FN2O2. The van der Waals surface area contributed by atoms with Crippen LogP contribution in [0.4, 0.5) is 4.39 Å². The Morgan fingerprint density at radius 1 is 1.04 bits per heavy atom. The van der Waals surface area contributed by atoms with Crippen LogP contribution >= 0.6 is 0 Å². The number of halogens is 1. The van der Waals surface area contributed by atoms with E-state index in [1.165, 1.54) is 12.1 Å². The van der Waals surface area contributed by atoms with Crippen LogP contribution in [-0.2, 0) is 0 Å². The normalized spacial score (nSPS) is 16.8. The topological polar surface area (TPSA) is 43.8 Å². The van der Waals surface area contributed by atoms with Crippen molar-refractivity contribution in [2.24, 2.45) is 0 Å². The lowest BCUT2D eigenvalue weighted by Gasteiger charge is -2.35. The van der Waals surface area contributed by atoms with Gasteiger partial charge in [-0.3, -0.25) is 9.69 Å². The van der Waals surface area contributed by atoms with Crippen molar-refractivity contribution in [3.05, 3.63) is 71.5 Å². The number of hydrogen-bond acceptors (Lipinski definition) is 3. The van der Waals surface area contributed by atoms with Crippen LogP contribution in [0.1, 0.15) is 22.0 Å². The van der Waals surface area contributed by atoms with Crippen molar-refractivity contribution < 1.29 is 14.3 Å². The van der Waals surface area contributed by atoms with Gasteiger partial charge >= 0.3 is 0 Å². The smallest absolute Gasteiger partial charge is 0.254 e. The highest BCUT2D eigenvalue weighted by Crippen LogP contribution is 2.16. The number of aliphatic hydroxyl groups is 1. The number of carbonyl (C=O) groups is 1. The third kappa shape index (κ3) is 3.99. The van der Waals surface area contributed by atoms with Gasteiger partial charge in [0.2, 0.25) is 0 Å². The molecule has 1 atom stereocenters. The maximum Gasteiger partial charge on any atom is 0.254 e. The molecular weight excluding hydrogens is 307 g/mol. The molecule has 1 saturated heterocycles. The van der Waals surface area contributed by atoms with Crippen LogP contribution in [-0.4, -0.2) is 53.5 Å². The highest BCUT2D eigenvalue weighted by atomic mass is 19.1. The second-order valence-electron chi connectivity index (χ2n) is 6.03. The summed E-state index contributed by atoms with van der Waals surface area (Å²) in [6, 6.07) is 15.4. The lowest BCUT2D eigenvalue weighted by molar-refractivity contribution is 0.0527. The number of aliphatic hydroxyl groups excluding tert-OH is 1. The maximum absolute atomic E-state index is 13.3. The van der Waals surface area contributed by atoms with Crippen molar-refractivity contribution in [1.82, 2.24) is 9.80 Å². The molecule has 0 radical (unpaired) electrons. The Balaban J connectivity index is 1.53. The van der Waals surface area contributed by atoms with Crippen molar-refractivity contribution >= 4 is 5.91 Å². The number of nitrogens with zero attached hydrogens (tertiary/aromatic N) is 2. The molecule has 0 bridgehead atoms. The standard InChI is InChI=1S/C19H21FN2O2/c20-17-8-4-7-16(13-17)19(24)22-11-9-21(10-12-22)14-18(23)15-5-2-1-3-6-15/h1-8,13,18,23H,9-12,14H2/t18-/m1/s1. The summed E-state index contributed by atoms with van der Waals surface area (Å²) in [4.78, 5) is 16.3. The zero-order valence-corrected chi connectivity index (χ0v) is 13.4. The third-order valence-corrected chi connectivity index (χ3v) is 4.35. The zero-order chi connectivity index (χ0) is 16.9. The van der Waals surface area contributed by atoms with Crippen molar-refractivity contribution in [2.75, 3.05) is 32.7 Å². The third-order valence-electron chi connectivity index (χ3n) is 4.35. The number of rotatable bonds is 4. The van der Waals surface area contributed by atoms with Crippen molar-refractivity contribution in [3.63, 3.8) is 0 Å². The molecule has 1 aliphatic heterocycles. The summed E-state index contributed by atoms with van der Waals surface area (Å²) in [6.07, 6.45) is -0.531. The molecule has 0 saturated carbocycles. The Bertz CT molecular complexity index is 685. The Morgan fingerprint density at radius 2 is 1.75 bits per heavy atom. The fraction of sp³-hybridized carbons (Fsp3) is 0.316. The highest BCUT2D eigenvalue weighted by molar-refractivity contribution is 5.94. The van der Waals surface area contributed by atoms with E-state index in [0.29, 0.717) is 38.3 Å². The fourth-order valence-corrected chi connectivity index (χ4v) is 2.96. The van der Waals surface area contributed by atoms with E-state index in [1.807, 2.05) is 30.3 Å². The Labute approximate surface area is 141 Å². The van der Waals surface area contributed by atoms with Gasteiger partial charge in [0.15, 0.2) is 0 Å². The summed E-state index contributed by atoms with van der Waals surface area (Å²) >= 11 is 0. The summed E-state index contributed by atoms with van der Waals surface area (Å²) < 4.78 is 13.3. The number of carbonyl (C=O) groups excluding carboxylic acids is 1. The summed E-state index contributed by atoms with van der Waals surface area (Å²) in [6.45, 7) is 3.11. The summed E-state index contributed by atoms with van der Waals surface area (Å²) in [5, 5.41) is 10.3. The van der Waals surface area contributed by atoms with Crippen LogP contribution in [0.15, 0.2) is 54.6 Å². The van der Waals surface area contributed by atoms with Gasteiger partial charge in [-0.15, -0.1) is 0 Å². The molecule has 1 aliphatic rings. The Hall–Kier alpha value is -2.24. The van der Waals surface area contributed by atoms with Crippen LogP contribution in [0.5, 0.6) is 0 Å². The molecule has 126 valence electrons. The number of hydrogen-bond donors (Lipinski definition) is 1. The van der Waals surface area contributed by atoms with Gasteiger partial charge in [0.1, 0.15) is 5.82 Å². The zero-order valence-electron chi connectivity index (χ0n) is 13.4. The predicted octanol–water partition coefficient (Wildman–Crippen LogP) is 2.32. The quantitative estimate of drug-likeness (QED) is 0.937. The second kappa shape index (κ2) is 7.55. The molecule has 1 heterocycles. The first-order valence-electron chi connectivity index (χ1n) is 8.14. The molecule has 2 aromatic rings. The number of piperazine rings is 1. The minimum absolute atomic E-state index is 0.141. The monoisotopic (exact) mass is 328 g/mol. The van der Waals surface area contributed by atoms with Gasteiger partial charge in [-0.2, -0.15) is 0 Å². The van der Waals surface area contributed by atoms with E-state index in [9.17, 15) is 14.3 Å². The van der Waals surface area contributed by atoms with E-state index >= 15 is 0 Å². The summed E-state index contributed by atoms with van der Waals surface area (Å²) in [5.74, 6) is -0.539. The number of benzene rings is 2. The van der Waals surface area contributed by atoms with E-state index in [4.69, 9.17) is 0 Å². The molecule has 0 aliphatic carbocycles. The molecule has 24 heavy (non-hydrogen) atoms. The van der Waals surface area contributed by atoms with Crippen LogP contribution in [0, 0.1) is 5.82 Å². The van der Waals surface area contributed by atoms with Crippen molar-refractivity contribution in [1.29, 1.82) is 0 Å². The van der Waals surface area contributed by atoms with E-state index < -0.39 is 11.9 Å². The maximum atomic E-state index is 13.3. The molecule has 1 amide bonds. The van der Waals surface area contributed by atoms with Crippen LogP contribution < -0.4 is 0 Å². The minimum atomic E-state index is -0.531. The Morgan fingerprint density at radius 3 is 2.42 bits per heavy atom. The molecule has 3 rings (SSSR count). The first-order chi connectivity index (χ1) is 11.6.